The lowest BCUT2D eigenvalue weighted by atomic mass is 9.68. The van der Waals surface area contributed by atoms with Gasteiger partial charge in [0.05, 0.1) is 41.9 Å². The lowest BCUT2D eigenvalue weighted by molar-refractivity contribution is -0.296. The molecule has 0 spiro atoms. The van der Waals surface area contributed by atoms with E-state index in [1.165, 1.54) is 32.1 Å². The number of aliphatic hydroxyl groups excluding tert-OH is 1. The number of aromatic nitrogens is 2. The Hall–Kier alpha value is -4.68. The number of ether oxygens (including phenoxy) is 4. The minimum Gasteiger partial charge on any atom is -0.457 e. The van der Waals surface area contributed by atoms with Crippen LogP contribution in [0, 0.1) is 23.7 Å². The Kier molecular flexibility index (Phi) is 20.1. The van der Waals surface area contributed by atoms with Crippen LogP contribution >= 0.6 is 11.3 Å². The van der Waals surface area contributed by atoms with Crippen molar-refractivity contribution in [2.45, 2.75) is 187 Å². The molecule has 3 aliphatic heterocycles. The number of carbonyl (C=O) groups is 5. The molecule has 406 valence electrons. The number of rotatable bonds is 13. The summed E-state index contributed by atoms with van der Waals surface area (Å²) in [6, 6.07) is 1.48. The fourth-order valence-corrected chi connectivity index (χ4v) is 10.9. The number of aliphatic hydroxyl groups is 2. The average molecular weight is 1050 g/mol. The number of halogens is 1. The number of aliphatic imine (C=N–C) groups is 1. The topological polar surface area (TPSA) is 276 Å². The number of esters is 1. The maximum Gasteiger partial charge on any atom is 0.351 e. The summed E-state index contributed by atoms with van der Waals surface area (Å²) >= 11 is 1.28. The molecule has 22 heteroatoms. The first-order valence-corrected chi connectivity index (χ1v) is 26.1. The third kappa shape index (κ3) is 14.2. The number of nitrogens with zero attached hydrogens (tertiary/aromatic N) is 5. The number of fused-ring (bicyclic) bond motifs is 5. The van der Waals surface area contributed by atoms with Crippen LogP contribution in [0.15, 0.2) is 33.9 Å². The van der Waals surface area contributed by atoms with Gasteiger partial charge in [0.25, 0.3) is 5.67 Å². The van der Waals surface area contributed by atoms with Crippen molar-refractivity contribution in [3.63, 3.8) is 0 Å². The summed E-state index contributed by atoms with van der Waals surface area (Å²) in [4.78, 5) is 88.1. The Morgan fingerprint density at radius 3 is 2.40 bits per heavy atom. The SMILES string of the molecule is CCC(=O)/N=C1\[C@H](C)C[C@@]2(C)OC/C(=N/OCc3ccc(-c4nc(NC(=O)[C@H](C)NC(=O)[C@H](C)N)cs4)cn3)CC[C@H]([C@H]1C)[C@](C)(O)[C@@H](CC)OC(=O)[C@@](C)(F)C(=O)[C@H](C)[C@H]2O[C@@H]1O[C@H](C)C[C@H](N(C)C)[C@H]1O. The number of alkyl halides is 1. The van der Waals surface area contributed by atoms with E-state index < -0.39 is 119 Å². The summed E-state index contributed by atoms with van der Waals surface area (Å²) in [6.45, 7) is 17.1. The van der Waals surface area contributed by atoms with Gasteiger partial charge in [0, 0.05) is 47.2 Å². The predicted molar refractivity (Wildman–Crippen MR) is 272 cm³/mol. The zero-order valence-corrected chi connectivity index (χ0v) is 45.3. The van der Waals surface area contributed by atoms with E-state index >= 15 is 4.39 Å². The van der Waals surface area contributed by atoms with Crippen molar-refractivity contribution in [1.82, 2.24) is 20.2 Å². The van der Waals surface area contributed by atoms with Crippen LogP contribution in [0.5, 0.6) is 0 Å². The number of hydrogen-bond acceptors (Lipinski definition) is 18. The number of Topliss-reactive ketones (excluding diaryl/α,β-unsaturated/α-hetero) is 1. The third-order valence-corrected chi connectivity index (χ3v) is 15.3. The van der Waals surface area contributed by atoms with E-state index in [4.69, 9.17) is 29.5 Å². The molecule has 0 unspecified atom stereocenters. The molecular weight excluding hydrogens is 968 g/mol. The van der Waals surface area contributed by atoms with Gasteiger partial charge in [0.1, 0.15) is 34.7 Å². The monoisotopic (exact) mass is 1040 g/mol. The molecule has 6 N–H and O–H groups in total. The molecule has 3 fully saturated rings. The summed E-state index contributed by atoms with van der Waals surface area (Å²) in [7, 11) is 3.63. The molecule has 73 heavy (non-hydrogen) atoms. The van der Waals surface area contributed by atoms with Gasteiger partial charge in [-0.05, 0) is 112 Å². The second kappa shape index (κ2) is 24.8. The van der Waals surface area contributed by atoms with Gasteiger partial charge in [-0.3, -0.25) is 24.2 Å². The van der Waals surface area contributed by atoms with E-state index in [0.29, 0.717) is 39.9 Å². The van der Waals surface area contributed by atoms with Crippen molar-refractivity contribution in [2.24, 2.45) is 39.6 Å². The highest BCUT2D eigenvalue weighted by molar-refractivity contribution is 7.13. The van der Waals surface area contributed by atoms with Crippen LogP contribution in [-0.2, 0) is 54.4 Å². The Balaban J connectivity index is 1.54. The number of oxime groups is 1. The number of amides is 3. The lowest BCUT2D eigenvalue weighted by Gasteiger charge is -2.48. The average Bonchev–Trinajstić information content (AvgIpc) is 3.80. The smallest absolute Gasteiger partial charge is 0.351 e. The largest absolute Gasteiger partial charge is 0.457 e. The molecule has 5 heterocycles. The van der Waals surface area contributed by atoms with E-state index in [2.05, 4.69) is 30.7 Å². The fourth-order valence-electron chi connectivity index (χ4n) is 10.1. The molecule has 15 atom stereocenters. The van der Waals surface area contributed by atoms with Crippen LogP contribution in [0.3, 0.4) is 0 Å². The minimum atomic E-state index is -3.22. The highest BCUT2D eigenvalue weighted by atomic mass is 32.1. The standard InChI is InChI=1S/C51H77FN8O12S/c1-14-37-51(11,67)35-19-18-34(59-69-24-33-17-16-32(22-54-33)46-57-38(25-73-46)56-45(65)31(8)55-44(64)30(7)53)23-68-49(9,21-26(3)40(28(35)5)58-39(61)15-2)43(29(6)42(63)50(10,52)48(66)71-37)72-47-41(62)36(60(12)13)20-27(4)70-47/h16-17,22,25-31,35-37,41,43,47,62,67H,14-15,18-21,23-24,53H2,1-13H3,(H,55,64)(H,56,65)/b58-40+,59-34+/t26-,27-,28-,29+,30+,31+,35-,36+,37-,41-,43-,47+,49-,50+,51+/m1/s1. The van der Waals surface area contributed by atoms with Crippen LogP contribution < -0.4 is 16.4 Å². The molecule has 20 nitrogen and oxygen atoms in total. The molecule has 0 radical (unpaired) electrons. The van der Waals surface area contributed by atoms with Gasteiger partial charge in [-0.15, -0.1) is 11.3 Å². The third-order valence-electron chi connectivity index (χ3n) is 14.4. The molecule has 2 aromatic rings. The van der Waals surface area contributed by atoms with Crippen molar-refractivity contribution in [1.29, 1.82) is 0 Å². The molecule has 2 bridgehead atoms. The number of carbonyl (C=O) groups excluding carboxylic acids is 5. The molecule has 3 aliphatic rings. The molecule has 0 saturated carbocycles. The van der Waals surface area contributed by atoms with Gasteiger partial charge in [-0.2, -0.15) is 0 Å². The number of hydrogen-bond donors (Lipinski definition) is 5. The first-order valence-electron chi connectivity index (χ1n) is 25.2. The quantitative estimate of drug-likeness (QED) is 0.101. The maximum absolute atomic E-state index is 17.1. The number of likely N-dealkylation sites (N-methyl/N-ethyl adjacent to an activating group) is 1. The zero-order valence-electron chi connectivity index (χ0n) is 44.5. The van der Waals surface area contributed by atoms with Crippen molar-refractivity contribution in [2.75, 3.05) is 26.0 Å². The molecule has 3 amide bonds. The van der Waals surface area contributed by atoms with Crippen LogP contribution in [0.25, 0.3) is 10.6 Å². The highest BCUT2D eigenvalue weighted by Gasteiger charge is 2.56. The second-order valence-electron chi connectivity index (χ2n) is 20.8. The first kappa shape index (κ1) is 59.2. The number of anilines is 1. The van der Waals surface area contributed by atoms with Crippen molar-refractivity contribution in [3.05, 3.63) is 29.4 Å². The molecule has 3 saturated heterocycles. The van der Waals surface area contributed by atoms with Crippen molar-refractivity contribution >= 4 is 58.1 Å². The number of pyridine rings is 1. The minimum absolute atomic E-state index is 0.0211. The maximum atomic E-state index is 17.1. The number of nitrogens with two attached hydrogens (primary N) is 1. The second-order valence-corrected chi connectivity index (χ2v) is 21.6. The Labute approximate surface area is 431 Å². The molecule has 0 aromatic carbocycles. The van der Waals surface area contributed by atoms with E-state index in [0.717, 1.165) is 6.92 Å². The summed E-state index contributed by atoms with van der Waals surface area (Å²) in [6.07, 6.45) is -3.14. The normalized spacial score (nSPS) is 34.8. The van der Waals surface area contributed by atoms with E-state index in [1.54, 1.807) is 51.4 Å². The number of ketones is 1. The van der Waals surface area contributed by atoms with Crippen molar-refractivity contribution < 1.29 is 62.4 Å². The number of cyclic esters (lactones) is 1. The van der Waals surface area contributed by atoms with Gasteiger partial charge in [-0.1, -0.05) is 39.8 Å². The zero-order chi connectivity index (χ0) is 54.3. The van der Waals surface area contributed by atoms with Crippen molar-refractivity contribution in [3.8, 4) is 10.6 Å². The fraction of sp³-hybridized carbons (Fsp3) is 0.706. The Bertz CT molecular complexity index is 2330. The van der Waals surface area contributed by atoms with E-state index in [9.17, 15) is 34.2 Å². The summed E-state index contributed by atoms with van der Waals surface area (Å²) in [5, 5.41) is 36.4. The Morgan fingerprint density at radius 2 is 1.78 bits per heavy atom. The van der Waals surface area contributed by atoms with Gasteiger partial charge in [-0.25, -0.2) is 19.2 Å². The number of nitrogens with one attached hydrogen (secondary N) is 2. The lowest BCUT2D eigenvalue weighted by Crippen LogP contribution is -2.61. The summed E-state index contributed by atoms with van der Waals surface area (Å²) < 4.78 is 42.8. The molecule has 5 rings (SSSR count). The van der Waals surface area contributed by atoms with Gasteiger partial charge < -0.3 is 55.3 Å². The van der Waals surface area contributed by atoms with E-state index in [1.807, 2.05) is 39.8 Å². The predicted octanol–water partition coefficient (Wildman–Crippen LogP) is 4.92. The molecule has 0 aliphatic carbocycles. The first-order chi connectivity index (χ1) is 34.1. The summed E-state index contributed by atoms with van der Waals surface area (Å²) in [5.41, 5.74) is 0.911. The molecule has 2 aromatic heterocycles. The van der Waals surface area contributed by atoms with Crippen LogP contribution in [0.2, 0.25) is 0 Å². The molecular formula is C51H77FN8O12S. The van der Waals surface area contributed by atoms with Crippen LogP contribution in [0.4, 0.5) is 10.2 Å². The Morgan fingerprint density at radius 1 is 1.08 bits per heavy atom. The van der Waals surface area contributed by atoms with Crippen LogP contribution in [0.1, 0.15) is 120 Å². The highest BCUT2D eigenvalue weighted by Crippen LogP contribution is 2.43. The van der Waals surface area contributed by atoms with Gasteiger partial charge in [0.2, 0.25) is 17.7 Å². The van der Waals surface area contributed by atoms with Gasteiger partial charge >= 0.3 is 5.97 Å². The summed E-state index contributed by atoms with van der Waals surface area (Å²) in [5.74, 6) is -7.17. The number of thiazole rings is 1. The van der Waals surface area contributed by atoms with Gasteiger partial charge in [0.15, 0.2) is 18.7 Å². The van der Waals surface area contributed by atoms with Crippen LogP contribution in [-0.4, -0.2) is 152 Å². The van der Waals surface area contributed by atoms with E-state index in [-0.39, 0.29) is 45.3 Å².